The minimum Gasteiger partial charge on any atom is -0.444 e. The minimum absolute atomic E-state index is 0.0454. The Labute approximate surface area is 278 Å². The van der Waals surface area contributed by atoms with E-state index in [0.29, 0.717) is 49.2 Å². The maximum atomic E-state index is 15.0. The molecule has 2 amide bonds. The van der Waals surface area contributed by atoms with Gasteiger partial charge in [-0.05, 0) is 69.7 Å². The fourth-order valence-corrected chi connectivity index (χ4v) is 7.10. The Morgan fingerprint density at radius 3 is 2.58 bits per heavy atom. The number of aromatic nitrogens is 3. The van der Waals surface area contributed by atoms with Crippen LogP contribution in [0.25, 0.3) is 33.5 Å². The summed E-state index contributed by atoms with van der Waals surface area (Å²) in [6, 6.07) is 11.0. The van der Waals surface area contributed by atoms with E-state index in [-0.39, 0.29) is 30.8 Å². The number of carbonyl (C=O) groups excluding carboxylic acids is 2. The Bertz CT molecular complexity index is 1800. The molecule has 2 saturated heterocycles. The van der Waals surface area contributed by atoms with E-state index in [1.165, 1.54) is 12.1 Å². The maximum Gasteiger partial charge on any atom is 0.408 e. The van der Waals surface area contributed by atoms with Crippen molar-refractivity contribution in [3.8, 4) is 11.5 Å². The Balaban J connectivity index is 1.31. The third kappa shape index (κ3) is 7.18. The van der Waals surface area contributed by atoms with Crippen molar-refractivity contribution in [3.05, 3.63) is 53.8 Å². The highest BCUT2D eigenvalue weighted by atomic mass is 19.1. The summed E-state index contributed by atoms with van der Waals surface area (Å²) in [6.45, 7) is 9.51. The van der Waals surface area contributed by atoms with Crippen molar-refractivity contribution >= 4 is 33.9 Å². The van der Waals surface area contributed by atoms with Crippen LogP contribution in [0.4, 0.5) is 18.0 Å². The number of hydrogen-bond donors (Lipinski definition) is 3. The Morgan fingerprint density at radius 1 is 1.10 bits per heavy atom. The van der Waals surface area contributed by atoms with Gasteiger partial charge < -0.3 is 29.8 Å². The number of carbonyl (C=O) groups is 2. The van der Waals surface area contributed by atoms with Gasteiger partial charge in [-0.15, -0.1) is 0 Å². The summed E-state index contributed by atoms with van der Waals surface area (Å²) in [6.07, 6.45) is -1.25. The molecule has 258 valence electrons. The molecular formula is C36H45F3N6O3. The van der Waals surface area contributed by atoms with Crippen LogP contribution in [0.5, 0.6) is 0 Å². The Kier molecular flexibility index (Phi) is 9.48. The summed E-state index contributed by atoms with van der Waals surface area (Å²) in [5.41, 5.74) is 3.11. The number of alkyl halides is 2. The molecule has 2 aromatic heterocycles. The number of benzene rings is 2. The van der Waals surface area contributed by atoms with Gasteiger partial charge in [0.05, 0.1) is 23.3 Å². The van der Waals surface area contributed by atoms with Crippen molar-refractivity contribution < 1.29 is 27.5 Å². The lowest BCUT2D eigenvalue weighted by molar-refractivity contribution is -0.135. The second-order valence-corrected chi connectivity index (χ2v) is 14.5. The van der Waals surface area contributed by atoms with Crippen LogP contribution in [-0.2, 0) is 22.5 Å². The fraction of sp³-hybridized carbons (Fsp3) is 0.528. The molecule has 9 nitrogen and oxygen atoms in total. The molecule has 0 radical (unpaired) electrons. The minimum atomic E-state index is -1.21. The first-order chi connectivity index (χ1) is 22.8. The van der Waals surface area contributed by atoms with Crippen LogP contribution in [0.15, 0.2) is 42.5 Å². The number of nitrogens with one attached hydrogen (secondary N) is 3. The van der Waals surface area contributed by atoms with Crippen LogP contribution in [0.1, 0.15) is 59.4 Å². The van der Waals surface area contributed by atoms with E-state index in [0.717, 1.165) is 22.2 Å². The first kappa shape index (κ1) is 33.8. The molecule has 2 fully saturated rings. The number of nitrogens with zero attached hydrogens (tertiary/aromatic N) is 3. The van der Waals surface area contributed by atoms with Crippen LogP contribution >= 0.6 is 0 Å². The number of aromatic amines is 1. The largest absolute Gasteiger partial charge is 0.444 e. The van der Waals surface area contributed by atoms with Crippen molar-refractivity contribution in [1.82, 2.24) is 30.1 Å². The molecule has 5 atom stereocenters. The number of H-pyrrole nitrogens is 1. The number of alkyl carbamates (subject to hydrolysis) is 1. The molecule has 0 aliphatic carbocycles. The van der Waals surface area contributed by atoms with Crippen molar-refractivity contribution in [1.29, 1.82) is 0 Å². The number of rotatable bonds is 9. The molecule has 0 saturated carbocycles. The van der Waals surface area contributed by atoms with E-state index in [4.69, 9.17) is 9.72 Å². The van der Waals surface area contributed by atoms with Gasteiger partial charge in [-0.1, -0.05) is 32.0 Å². The molecule has 2 aliphatic rings. The van der Waals surface area contributed by atoms with Crippen molar-refractivity contribution in [2.75, 3.05) is 13.1 Å². The second kappa shape index (κ2) is 13.4. The SMILES string of the molecule is CC(C)[C@H](NC(=O)OC(C)(C)C)C(=O)N1C[C@@H](F)C[C@H]1CCn1c(-c2[nH]c3ccccc3c2C[C@@H]2C[C@H](F)CN2)nc2cc(F)ccc21. The summed E-state index contributed by atoms with van der Waals surface area (Å²) >= 11 is 0. The number of aryl methyl sites for hydroxylation is 1. The van der Waals surface area contributed by atoms with Gasteiger partial charge >= 0.3 is 6.09 Å². The second-order valence-electron chi connectivity index (χ2n) is 14.5. The quantitative estimate of drug-likeness (QED) is 0.191. The van der Waals surface area contributed by atoms with Crippen molar-refractivity contribution in [3.63, 3.8) is 0 Å². The molecule has 3 N–H and O–H groups in total. The standard InChI is InChI=1S/C36H45F3N6O3/c1-20(2)31(43-35(47)48-36(3,4)5)34(46)45-19-23(39)15-25(45)12-13-44-30-11-10-21(37)16-29(30)42-33(44)32-27(17-24-14-22(38)18-40-24)26-8-6-7-9-28(26)41-32/h6-11,16,20,22-25,31,40-41H,12-15,17-19H2,1-5H3,(H,43,47)/t22-,23-,24-,25+,31-/m0/s1. The van der Waals surface area contributed by atoms with Crippen LogP contribution in [0.2, 0.25) is 0 Å². The molecule has 0 unspecified atom stereocenters. The van der Waals surface area contributed by atoms with Gasteiger partial charge in [0, 0.05) is 48.6 Å². The van der Waals surface area contributed by atoms with E-state index in [9.17, 15) is 18.4 Å². The highest BCUT2D eigenvalue weighted by Gasteiger charge is 2.40. The predicted octanol–water partition coefficient (Wildman–Crippen LogP) is 6.44. The molecule has 0 spiro atoms. The molecule has 12 heteroatoms. The molecular weight excluding hydrogens is 621 g/mol. The summed E-state index contributed by atoms with van der Waals surface area (Å²) in [4.78, 5) is 36.5. The number of para-hydroxylation sites is 1. The Hall–Kier alpha value is -4.06. The zero-order valence-electron chi connectivity index (χ0n) is 28.2. The topological polar surface area (TPSA) is 104 Å². The molecule has 0 bridgehead atoms. The van der Waals surface area contributed by atoms with Crippen LogP contribution in [0, 0.1) is 11.7 Å². The smallest absolute Gasteiger partial charge is 0.408 e. The predicted molar refractivity (Wildman–Crippen MR) is 180 cm³/mol. The summed E-state index contributed by atoms with van der Waals surface area (Å²) in [5, 5.41) is 7.00. The summed E-state index contributed by atoms with van der Waals surface area (Å²) in [5.74, 6) is -0.432. The lowest BCUT2D eigenvalue weighted by Crippen LogP contribution is -2.53. The van der Waals surface area contributed by atoms with E-state index in [1.54, 1.807) is 31.7 Å². The van der Waals surface area contributed by atoms with Crippen LogP contribution in [-0.4, -0.2) is 80.6 Å². The van der Waals surface area contributed by atoms with Gasteiger partial charge in [-0.25, -0.2) is 22.9 Å². The van der Waals surface area contributed by atoms with E-state index >= 15 is 4.39 Å². The van der Waals surface area contributed by atoms with Gasteiger partial charge in [0.15, 0.2) is 5.82 Å². The van der Waals surface area contributed by atoms with Gasteiger partial charge in [-0.2, -0.15) is 0 Å². The van der Waals surface area contributed by atoms with Crippen LogP contribution in [0.3, 0.4) is 0 Å². The first-order valence-corrected chi connectivity index (χ1v) is 16.8. The van der Waals surface area contributed by atoms with Crippen LogP contribution < -0.4 is 10.6 Å². The third-order valence-corrected chi connectivity index (χ3v) is 9.30. The highest BCUT2D eigenvalue weighted by Crippen LogP contribution is 2.35. The average molecular weight is 667 g/mol. The lowest BCUT2D eigenvalue weighted by Gasteiger charge is -2.31. The summed E-state index contributed by atoms with van der Waals surface area (Å²) in [7, 11) is 0. The highest BCUT2D eigenvalue weighted by molar-refractivity contribution is 5.91. The maximum absolute atomic E-state index is 15.0. The van der Waals surface area contributed by atoms with Gasteiger partial charge in [-0.3, -0.25) is 4.79 Å². The summed E-state index contributed by atoms with van der Waals surface area (Å²) < 4.78 is 51.0. The number of imidazole rings is 1. The number of halogens is 3. The zero-order valence-corrected chi connectivity index (χ0v) is 28.2. The fourth-order valence-electron chi connectivity index (χ4n) is 7.10. The van der Waals surface area contributed by atoms with E-state index < -0.39 is 41.9 Å². The average Bonchev–Trinajstić information content (AvgIpc) is 3.77. The van der Waals surface area contributed by atoms with Crippen molar-refractivity contribution in [2.24, 2.45) is 5.92 Å². The number of hydrogen-bond acceptors (Lipinski definition) is 5. The molecule has 6 rings (SSSR count). The van der Waals surface area contributed by atoms with Gasteiger partial charge in [0.2, 0.25) is 5.91 Å². The molecule has 48 heavy (non-hydrogen) atoms. The van der Waals surface area contributed by atoms with E-state index in [1.807, 2.05) is 42.7 Å². The number of likely N-dealkylation sites (tertiary alicyclic amines) is 1. The lowest BCUT2D eigenvalue weighted by atomic mass is 10.0. The molecule has 4 aromatic rings. The Morgan fingerprint density at radius 2 is 1.88 bits per heavy atom. The normalized spacial score (nSPS) is 22.2. The van der Waals surface area contributed by atoms with Crippen molar-refractivity contribution in [2.45, 2.75) is 103 Å². The van der Waals surface area contributed by atoms with Gasteiger partial charge in [0.25, 0.3) is 0 Å². The molecule has 2 aromatic carbocycles. The monoisotopic (exact) mass is 666 g/mol. The third-order valence-electron chi connectivity index (χ3n) is 9.30. The molecule has 4 heterocycles. The van der Waals surface area contributed by atoms with E-state index in [2.05, 4.69) is 15.6 Å². The molecule has 2 aliphatic heterocycles. The van der Waals surface area contributed by atoms with Gasteiger partial charge in [0.1, 0.15) is 29.8 Å². The number of fused-ring (bicyclic) bond motifs is 2. The zero-order chi connectivity index (χ0) is 34.3. The number of ether oxygens (including phenoxy) is 1. The first-order valence-electron chi connectivity index (χ1n) is 16.8. The number of amides is 2.